The molecule has 12 nitrogen and oxygen atoms in total. The predicted molar refractivity (Wildman–Crippen MR) is 213 cm³/mol. The third-order valence-electron chi connectivity index (χ3n) is 10.4. The molecule has 7 rings (SSSR count). The number of aromatic nitrogens is 1. The number of carboxylic acid groups (broad SMARTS) is 1. The molecule has 2 aliphatic rings. The number of nitrogens with zero attached hydrogens (tertiary/aromatic N) is 2. The Morgan fingerprint density at radius 2 is 1.45 bits per heavy atom. The highest BCUT2D eigenvalue weighted by atomic mass is 32.2. The second kappa shape index (κ2) is 14.3. The molecular weight excluding hydrogens is 755 g/mol. The summed E-state index contributed by atoms with van der Waals surface area (Å²) in [5.74, 6) is -1.91. The number of hydrogen-bond donors (Lipinski definition) is 4. The van der Waals surface area contributed by atoms with Crippen molar-refractivity contribution in [2.75, 3.05) is 18.5 Å². The molecule has 0 saturated carbocycles. The van der Waals surface area contributed by atoms with Gasteiger partial charge in [-0.2, -0.15) is 21.4 Å². The van der Waals surface area contributed by atoms with Crippen LogP contribution in [0.25, 0.3) is 33.5 Å². The van der Waals surface area contributed by atoms with Crippen LogP contribution < -0.4 is 14.8 Å². The van der Waals surface area contributed by atoms with E-state index >= 15 is 0 Å². The Morgan fingerprint density at radius 1 is 0.804 bits per heavy atom. The van der Waals surface area contributed by atoms with Gasteiger partial charge in [-0.3, -0.25) is 18.7 Å². The molecule has 0 radical (unpaired) electrons. The average molecular weight is 793 g/mol. The van der Waals surface area contributed by atoms with E-state index in [0.29, 0.717) is 33.3 Å². The third kappa shape index (κ3) is 6.81. The van der Waals surface area contributed by atoms with Crippen LogP contribution in [-0.2, 0) is 36.9 Å². The minimum atomic E-state index is -4.49. The summed E-state index contributed by atoms with van der Waals surface area (Å²) in [5, 5.41) is 14.9. The summed E-state index contributed by atoms with van der Waals surface area (Å²) in [5.41, 5.74) is 4.84. The van der Waals surface area contributed by atoms with Gasteiger partial charge in [0, 0.05) is 48.1 Å². The van der Waals surface area contributed by atoms with Crippen LogP contribution >= 0.6 is 0 Å². The lowest BCUT2D eigenvalue weighted by molar-refractivity contribution is -0.617. The summed E-state index contributed by atoms with van der Waals surface area (Å²) >= 11 is 0. The van der Waals surface area contributed by atoms with Gasteiger partial charge in [0.1, 0.15) is 11.9 Å². The maximum atomic E-state index is 13.7. The molecule has 14 heteroatoms. The fourth-order valence-corrected chi connectivity index (χ4v) is 8.69. The van der Waals surface area contributed by atoms with Crippen LogP contribution in [0, 0.1) is 5.41 Å². The number of allylic oxidation sites excluding steroid dienone is 6. The van der Waals surface area contributed by atoms with Crippen molar-refractivity contribution < 1.29 is 45.2 Å². The van der Waals surface area contributed by atoms with Gasteiger partial charge in [0.25, 0.3) is 20.2 Å². The normalized spacial score (nSPS) is 18.7. The zero-order valence-electron chi connectivity index (χ0n) is 30.6. The first-order valence-corrected chi connectivity index (χ1v) is 20.5. The Balaban J connectivity index is 1.41. The van der Waals surface area contributed by atoms with E-state index in [2.05, 4.69) is 5.32 Å². The number of carbonyl (C=O) groups is 2. The molecular formula is C42H38N3O9S2+. The van der Waals surface area contributed by atoms with Crippen LogP contribution in [0.5, 0.6) is 0 Å². The smallest absolute Gasteiger partial charge is 0.319 e. The number of benzene rings is 4. The van der Waals surface area contributed by atoms with Gasteiger partial charge >= 0.3 is 5.97 Å². The molecule has 1 aliphatic carbocycles. The van der Waals surface area contributed by atoms with Crippen molar-refractivity contribution in [1.82, 2.24) is 5.32 Å². The van der Waals surface area contributed by atoms with Gasteiger partial charge in [0.15, 0.2) is 5.41 Å². The van der Waals surface area contributed by atoms with E-state index in [1.165, 1.54) is 24.3 Å². The molecule has 0 spiro atoms. The molecule has 4 aromatic carbocycles. The Hall–Kier alpha value is -5.93. The largest absolute Gasteiger partial charge is 0.480 e. The molecule has 0 fully saturated rings. The predicted octanol–water partition coefficient (Wildman–Crippen LogP) is 6.39. The number of nitrogens with one attached hydrogen (secondary N) is 1. The second-order valence-corrected chi connectivity index (χ2v) is 16.7. The standard InChI is InChI=1S/C42H37N3O9S2/c1-4-43-40(46)42(41(47)48)24-26(13-17-30-32-9-5-7-11-36(32)44(2)38-22-28(55(49,50)51)15-19-34(30)38)21-27(25-42)14-18-31-33-10-6-8-12-37(33)45(3)39-23-29(56(52,53)54)16-20-35(31)39/h5-23H,4,24-25H2,1-3H3,(H3-,43,46,47,48,49,50,51,52,53,54)/p+1. The maximum absolute atomic E-state index is 13.7. The molecule has 286 valence electrons. The number of fused-ring (bicyclic) bond motifs is 4. The molecule has 1 aromatic heterocycles. The Bertz CT molecular complexity index is 2860. The third-order valence-corrected chi connectivity index (χ3v) is 12.1. The zero-order chi connectivity index (χ0) is 40.2. The van der Waals surface area contributed by atoms with Crippen molar-refractivity contribution in [1.29, 1.82) is 0 Å². The number of carboxylic acids is 1. The van der Waals surface area contributed by atoms with Crippen molar-refractivity contribution in [3.8, 4) is 0 Å². The highest BCUT2D eigenvalue weighted by Gasteiger charge is 2.48. The van der Waals surface area contributed by atoms with E-state index in [-0.39, 0.29) is 29.2 Å². The number of aryl methyl sites for hydroxylation is 1. The van der Waals surface area contributed by atoms with Gasteiger partial charge in [0.05, 0.1) is 21.4 Å². The summed E-state index contributed by atoms with van der Waals surface area (Å²) < 4.78 is 69.6. The average Bonchev–Trinajstić information content (AvgIpc) is 3.16. The molecule has 1 unspecified atom stereocenters. The van der Waals surface area contributed by atoms with Gasteiger partial charge < -0.3 is 15.3 Å². The number of hydrogen-bond acceptors (Lipinski definition) is 7. The van der Waals surface area contributed by atoms with Gasteiger partial charge in [-0.15, -0.1) is 0 Å². The summed E-state index contributed by atoms with van der Waals surface area (Å²) in [6.45, 7) is 1.94. The number of amides is 1. The second-order valence-electron chi connectivity index (χ2n) is 13.8. The quantitative estimate of drug-likeness (QED) is 0.0595. The maximum Gasteiger partial charge on any atom is 0.319 e. The van der Waals surface area contributed by atoms with Crippen LogP contribution in [0.4, 0.5) is 11.4 Å². The number of pyridine rings is 1. The topological polar surface area (TPSA) is 182 Å². The van der Waals surface area contributed by atoms with Crippen molar-refractivity contribution in [2.24, 2.45) is 12.5 Å². The lowest BCUT2D eigenvalue weighted by Crippen LogP contribution is -2.48. The van der Waals surface area contributed by atoms with Crippen molar-refractivity contribution in [3.63, 3.8) is 0 Å². The SMILES string of the molecule is CCNC(=O)C1(C(=O)O)CC(=CC=C2c3ccccc3N(C)c3cc(S(=O)(=O)O)ccc32)C=C(C=Cc2c3ccccc3[n+](C)c3cc(S(=O)(=O)O)ccc23)C1. The molecule has 0 bridgehead atoms. The van der Waals surface area contributed by atoms with Crippen molar-refractivity contribution >= 4 is 76.9 Å². The first-order valence-electron chi connectivity index (χ1n) is 17.6. The molecule has 1 aliphatic heterocycles. The van der Waals surface area contributed by atoms with Gasteiger partial charge in [-0.05, 0) is 72.9 Å². The van der Waals surface area contributed by atoms with Gasteiger partial charge in [-0.25, -0.2) is 0 Å². The fraction of sp³-hybridized carbons (Fsp3) is 0.167. The molecule has 4 N–H and O–H groups in total. The minimum Gasteiger partial charge on any atom is -0.480 e. The molecule has 56 heavy (non-hydrogen) atoms. The molecule has 2 heterocycles. The summed E-state index contributed by atoms with van der Waals surface area (Å²) in [6.07, 6.45) is 8.81. The molecule has 1 amide bonds. The lowest BCUT2D eigenvalue weighted by atomic mass is 9.71. The minimum absolute atomic E-state index is 0.114. The Morgan fingerprint density at radius 3 is 2.16 bits per heavy atom. The first-order chi connectivity index (χ1) is 26.5. The summed E-state index contributed by atoms with van der Waals surface area (Å²) in [4.78, 5) is 28.1. The van der Waals surface area contributed by atoms with E-state index in [4.69, 9.17) is 0 Å². The monoisotopic (exact) mass is 792 g/mol. The van der Waals surface area contributed by atoms with E-state index in [1.54, 1.807) is 45.3 Å². The highest BCUT2D eigenvalue weighted by Crippen LogP contribution is 2.46. The number of anilines is 2. The van der Waals surface area contributed by atoms with Crippen LogP contribution in [-0.4, -0.2) is 56.5 Å². The number of carbonyl (C=O) groups excluding carboxylic acids is 1. The van der Waals surface area contributed by atoms with Crippen LogP contribution in [0.1, 0.15) is 36.5 Å². The van der Waals surface area contributed by atoms with E-state index in [9.17, 15) is 40.6 Å². The van der Waals surface area contributed by atoms with Gasteiger partial charge in [0.2, 0.25) is 16.9 Å². The molecule has 1 atom stereocenters. The van der Waals surface area contributed by atoms with Crippen LogP contribution in [0.15, 0.2) is 130 Å². The summed E-state index contributed by atoms with van der Waals surface area (Å²) in [6, 6.07) is 23.7. The first kappa shape index (κ1) is 38.3. The number of rotatable bonds is 8. The van der Waals surface area contributed by atoms with Crippen molar-refractivity contribution in [3.05, 3.63) is 137 Å². The van der Waals surface area contributed by atoms with E-state index < -0.39 is 37.5 Å². The van der Waals surface area contributed by atoms with Crippen LogP contribution in [0.2, 0.25) is 0 Å². The zero-order valence-corrected chi connectivity index (χ0v) is 32.2. The van der Waals surface area contributed by atoms with Gasteiger partial charge in [-0.1, -0.05) is 66.8 Å². The van der Waals surface area contributed by atoms with Crippen LogP contribution in [0.3, 0.4) is 0 Å². The van der Waals surface area contributed by atoms with Crippen molar-refractivity contribution in [2.45, 2.75) is 29.6 Å². The fourth-order valence-electron chi connectivity index (χ4n) is 7.68. The molecule has 0 saturated heterocycles. The van der Waals surface area contributed by atoms with E-state index in [0.717, 1.165) is 33.3 Å². The number of para-hydroxylation sites is 2. The lowest BCUT2D eigenvalue weighted by Gasteiger charge is -2.33. The Labute approximate surface area is 323 Å². The Kier molecular flexibility index (Phi) is 9.79. The number of aliphatic carboxylic acids is 1. The highest BCUT2D eigenvalue weighted by molar-refractivity contribution is 7.86. The summed E-state index contributed by atoms with van der Waals surface area (Å²) in [7, 11) is -5.38. The van der Waals surface area contributed by atoms with E-state index in [1.807, 2.05) is 76.2 Å². The molecule has 5 aromatic rings.